The SMILES string of the molecule is Cc1ccc(-n2nnc(-c3nc(C)c(C(=O)N4CCN(c5cc(C)ccc5C)CC4)s3)c2C)cc1. The molecule has 1 aliphatic rings. The number of carbonyl (C=O) groups excluding carboxylic acids is 1. The Bertz CT molecular complexity index is 1380. The Morgan fingerprint density at radius 3 is 2.29 bits per heavy atom. The summed E-state index contributed by atoms with van der Waals surface area (Å²) in [5.74, 6) is 0.0513. The Kier molecular flexibility index (Phi) is 6.15. The maximum absolute atomic E-state index is 13.4. The van der Waals surface area contributed by atoms with Crippen molar-refractivity contribution in [2.24, 2.45) is 0 Å². The highest BCUT2D eigenvalue weighted by atomic mass is 32.1. The average molecular weight is 487 g/mol. The molecule has 0 atom stereocenters. The van der Waals surface area contributed by atoms with Crippen LogP contribution in [0.5, 0.6) is 0 Å². The molecule has 1 aliphatic heterocycles. The normalized spacial score (nSPS) is 14.0. The van der Waals surface area contributed by atoms with E-state index in [-0.39, 0.29) is 5.91 Å². The van der Waals surface area contributed by atoms with Gasteiger partial charge in [0.15, 0.2) is 0 Å². The lowest BCUT2D eigenvalue weighted by Gasteiger charge is -2.36. The third-order valence-electron chi connectivity index (χ3n) is 6.64. The predicted octanol–water partition coefficient (Wildman–Crippen LogP) is 4.90. The van der Waals surface area contributed by atoms with E-state index in [4.69, 9.17) is 4.98 Å². The van der Waals surface area contributed by atoms with E-state index < -0.39 is 0 Å². The van der Waals surface area contributed by atoms with E-state index in [2.05, 4.69) is 66.3 Å². The lowest BCUT2D eigenvalue weighted by molar-refractivity contribution is 0.0750. The molecule has 0 N–H and O–H groups in total. The van der Waals surface area contributed by atoms with E-state index in [0.717, 1.165) is 40.9 Å². The molecule has 0 saturated carbocycles. The molecular weight excluding hydrogens is 456 g/mol. The van der Waals surface area contributed by atoms with Gasteiger partial charge in [0.05, 0.1) is 17.1 Å². The summed E-state index contributed by atoms with van der Waals surface area (Å²) in [5, 5.41) is 9.48. The Labute approximate surface area is 210 Å². The fraction of sp³-hybridized carbons (Fsp3) is 0.333. The van der Waals surface area contributed by atoms with Gasteiger partial charge in [0.2, 0.25) is 0 Å². The van der Waals surface area contributed by atoms with Crippen molar-refractivity contribution < 1.29 is 4.79 Å². The van der Waals surface area contributed by atoms with Gasteiger partial charge in [-0.05, 0) is 63.9 Å². The van der Waals surface area contributed by atoms with Crippen LogP contribution in [0.25, 0.3) is 16.4 Å². The van der Waals surface area contributed by atoms with Gasteiger partial charge < -0.3 is 9.80 Å². The van der Waals surface area contributed by atoms with E-state index in [9.17, 15) is 4.79 Å². The maximum Gasteiger partial charge on any atom is 0.265 e. The van der Waals surface area contributed by atoms with Crippen LogP contribution in [0.15, 0.2) is 42.5 Å². The number of aromatic nitrogens is 4. The topological polar surface area (TPSA) is 67.2 Å². The van der Waals surface area contributed by atoms with Crippen LogP contribution < -0.4 is 4.90 Å². The minimum atomic E-state index is 0.0513. The Hall–Kier alpha value is -3.52. The summed E-state index contributed by atoms with van der Waals surface area (Å²) in [7, 11) is 0. The number of benzene rings is 2. The van der Waals surface area contributed by atoms with Gasteiger partial charge in [0, 0.05) is 31.9 Å². The standard InChI is InChI=1S/C27H30N6OS/c1-17-7-10-22(11-8-17)33-21(5)24(29-30-33)26-28-20(4)25(35-26)27(34)32-14-12-31(13-15-32)23-16-18(2)6-9-19(23)3/h6-11,16H,12-15H2,1-5H3. The van der Waals surface area contributed by atoms with Crippen LogP contribution >= 0.6 is 11.3 Å². The van der Waals surface area contributed by atoms with Crippen LogP contribution in [0.2, 0.25) is 0 Å². The van der Waals surface area contributed by atoms with Crippen molar-refractivity contribution in [1.82, 2.24) is 24.9 Å². The Morgan fingerprint density at radius 2 is 1.57 bits per heavy atom. The van der Waals surface area contributed by atoms with E-state index in [0.29, 0.717) is 18.0 Å². The molecule has 3 heterocycles. The number of hydrogen-bond donors (Lipinski definition) is 0. The molecule has 0 bridgehead atoms. The first-order chi connectivity index (χ1) is 16.8. The van der Waals surface area contributed by atoms with Gasteiger partial charge in [0.25, 0.3) is 5.91 Å². The summed E-state index contributed by atoms with van der Waals surface area (Å²) >= 11 is 1.41. The Balaban J connectivity index is 1.33. The van der Waals surface area contributed by atoms with Gasteiger partial charge in [-0.1, -0.05) is 35.0 Å². The fourth-order valence-electron chi connectivity index (χ4n) is 4.51. The molecule has 2 aromatic heterocycles. The molecule has 4 aromatic rings. The predicted molar refractivity (Wildman–Crippen MR) is 141 cm³/mol. The monoisotopic (exact) mass is 486 g/mol. The Morgan fingerprint density at radius 1 is 0.886 bits per heavy atom. The van der Waals surface area contributed by atoms with Crippen LogP contribution in [0.3, 0.4) is 0 Å². The van der Waals surface area contributed by atoms with Crippen molar-refractivity contribution in [3.8, 4) is 16.4 Å². The number of amides is 1. The minimum absolute atomic E-state index is 0.0513. The second kappa shape index (κ2) is 9.26. The summed E-state index contributed by atoms with van der Waals surface area (Å²) in [6.45, 7) is 13.3. The molecule has 0 aliphatic carbocycles. The van der Waals surface area contributed by atoms with Crippen LogP contribution in [-0.2, 0) is 0 Å². The number of hydrogen-bond acceptors (Lipinski definition) is 6. The zero-order chi connectivity index (χ0) is 24.7. The average Bonchev–Trinajstić information content (AvgIpc) is 3.43. The first kappa shape index (κ1) is 23.2. The number of anilines is 1. The van der Waals surface area contributed by atoms with Crippen molar-refractivity contribution >= 4 is 22.9 Å². The number of piperazine rings is 1. The number of rotatable bonds is 4. The van der Waals surface area contributed by atoms with Crippen molar-refractivity contribution in [1.29, 1.82) is 0 Å². The van der Waals surface area contributed by atoms with Gasteiger partial charge in [-0.15, -0.1) is 16.4 Å². The largest absolute Gasteiger partial charge is 0.368 e. The molecule has 180 valence electrons. The van der Waals surface area contributed by atoms with Crippen LogP contribution in [0.4, 0.5) is 5.69 Å². The molecule has 2 aromatic carbocycles. The lowest BCUT2D eigenvalue weighted by atomic mass is 10.1. The summed E-state index contributed by atoms with van der Waals surface area (Å²) in [6, 6.07) is 14.7. The molecule has 0 unspecified atom stereocenters. The molecule has 5 rings (SSSR count). The van der Waals surface area contributed by atoms with Gasteiger partial charge >= 0.3 is 0 Å². The second-order valence-corrected chi connectivity index (χ2v) is 10.3. The molecular formula is C27H30N6OS. The highest BCUT2D eigenvalue weighted by Crippen LogP contribution is 2.31. The van der Waals surface area contributed by atoms with Gasteiger partial charge in [-0.25, -0.2) is 9.67 Å². The minimum Gasteiger partial charge on any atom is -0.368 e. The number of thiazole rings is 1. The number of carbonyl (C=O) groups is 1. The van der Waals surface area contributed by atoms with Gasteiger partial charge in [-0.3, -0.25) is 4.79 Å². The molecule has 8 heteroatoms. The number of aryl methyl sites for hydroxylation is 4. The molecule has 1 amide bonds. The van der Waals surface area contributed by atoms with Crippen LogP contribution in [-0.4, -0.2) is 57.0 Å². The van der Waals surface area contributed by atoms with E-state index in [1.165, 1.54) is 33.7 Å². The van der Waals surface area contributed by atoms with Crippen LogP contribution in [0.1, 0.15) is 37.7 Å². The van der Waals surface area contributed by atoms with Crippen molar-refractivity contribution in [2.75, 3.05) is 31.1 Å². The quantitative estimate of drug-likeness (QED) is 0.411. The first-order valence-corrected chi connectivity index (χ1v) is 12.7. The van der Waals surface area contributed by atoms with E-state index in [1.807, 2.05) is 35.6 Å². The summed E-state index contributed by atoms with van der Waals surface area (Å²) in [6.07, 6.45) is 0. The van der Waals surface area contributed by atoms with Gasteiger partial charge in [-0.2, -0.15) is 0 Å². The summed E-state index contributed by atoms with van der Waals surface area (Å²) in [5.41, 5.74) is 8.32. The van der Waals surface area contributed by atoms with Gasteiger partial charge in [0.1, 0.15) is 15.6 Å². The zero-order valence-electron chi connectivity index (χ0n) is 20.9. The van der Waals surface area contributed by atoms with Crippen molar-refractivity contribution in [3.05, 3.63) is 75.4 Å². The zero-order valence-corrected chi connectivity index (χ0v) is 21.7. The van der Waals surface area contributed by atoms with E-state index in [1.54, 1.807) is 0 Å². The summed E-state index contributed by atoms with van der Waals surface area (Å²) < 4.78 is 1.82. The van der Waals surface area contributed by atoms with Crippen molar-refractivity contribution in [3.63, 3.8) is 0 Å². The molecule has 7 nitrogen and oxygen atoms in total. The number of nitrogens with zero attached hydrogens (tertiary/aromatic N) is 6. The second-order valence-electron chi connectivity index (χ2n) is 9.27. The third kappa shape index (κ3) is 4.46. The highest BCUT2D eigenvalue weighted by molar-refractivity contribution is 7.17. The first-order valence-electron chi connectivity index (χ1n) is 11.9. The third-order valence-corrected chi connectivity index (χ3v) is 7.79. The van der Waals surface area contributed by atoms with Crippen LogP contribution in [0, 0.1) is 34.6 Å². The van der Waals surface area contributed by atoms with Crippen molar-refractivity contribution in [2.45, 2.75) is 34.6 Å². The lowest BCUT2D eigenvalue weighted by Crippen LogP contribution is -2.49. The van der Waals surface area contributed by atoms with E-state index >= 15 is 0 Å². The molecule has 1 saturated heterocycles. The maximum atomic E-state index is 13.4. The smallest absolute Gasteiger partial charge is 0.265 e. The molecule has 0 radical (unpaired) electrons. The fourth-order valence-corrected chi connectivity index (χ4v) is 5.58. The molecule has 1 fully saturated rings. The molecule has 35 heavy (non-hydrogen) atoms. The highest BCUT2D eigenvalue weighted by Gasteiger charge is 2.27. The molecule has 0 spiro atoms. The summed E-state index contributed by atoms with van der Waals surface area (Å²) in [4.78, 5) is 23.1.